The number of alkyl carbamates (subject to hydrolysis) is 1. The van der Waals surface area contributed by atoms with Gasteiger partial charge in [0.15, 0.2) is 0 Å². The van der Waals surface area contributed by atoms with Crippen molar-refractivity contribution in [2.24, 2.45) is 0 Å². The molecule has 0 radical (unpaired) electrons. The van der Waals surface area contributed by atoms with Crippen molar-refractivity contribution < 1.29 is 24.2 Å². The van der Waals surface area contributed by atoms with Gasteiger partial charge >= 0.3 is 12.1 Å². The molecule has 0 atom stereocenters. The predicted molar refractivity (Wildman–Crippen MR) is 117 cm³/mol. The van der Waals surface area contributed by atoms with Gasteiger partial charge in [-0.1, -0.05) is 60.7 Å². The Labute approximate surface area is 180 Å². The molecule has 7 nitrogen and oxygen atoms in total. The van der Waals surface area contributed by atoms with E-state index < -0.39 is 24.5 Å². The number of benzene rings is 2. The van der Waals surface area contributed by atoms with Gasteiger partial charge in [-0.15, -0.1) is 6.58 Å². The molecule has 7 heteroatoms. The lowest BCUT2D eigenvalue weighted by Gasteiger charge is -2.16. The fraction of sp³-hybridized carbons (Fsp3) is 0.208. The molecule has 2 amide bonds. The summed E-state index contributed by atoms with van der Waals surface area (Å²) in [5.74, 6) is -1.62. The number of carbonyl (C=O) groups is 3. The molecule has 3 rings (SSSR count). The Hall–Kier alpha value is -3.87. The van der Waals surface area contributed by atoms with Crippen LogP contribution in [-0.4, -0.2) is 54.2 Å². The SMILES string of the molecule is C=CCN(CC(=O)O)C(=O)/C=C/CNC(=O)OCC1c2ccccc2-c2ccccc21. The van der Waals surface area contributed by atoms with Gasteiger partial charge in [0, 0.05) is 25.1 Å². The van der Waals surface area contributed by atoms with E-state index in [2.05, 4.69) is 24.0 Å². The third-order valence-corrected chi connectivity index (χ3v) is 4.96. The lowest BCUT2D eigenvalue weighted by molar-refractivity contribution is -0.142. The number of carboxylic acids is 1. The van der Waals surface area contributed by atoms with Gasteiger partial charge in [0.25, 0.3) is 0 Å². The van der Waals surface area contributed by atoms with Gasteiger partial charge in [0.2, 0.25) is 5.91 Å². The number of carboxylic acid groups (broad SMARTS) is 1. The Kier molecular flexibility index (Phi) is 7.22. The molecule has 1 aliphatic carbocycles. The number of rotatable bonds is 9. The maximum atomic E-state index is 12.1. The minimum atomic E-state index is -1.11. The zero-order valence-corrected chi connectivity index (χ0v) is 17.0. The summed E-state index contributed by atoms with van der Waals surface area (Å²) in [5.41, 5.74) is 4.56. The van der Waals surface area contributed by atoms with Gasteiger partial charge in [0.1, 0.15) is 13.2 Å². The van der Waals surface area contributed by atoms with E-state index in [9.17, 15) is 14.4 Å². The second kappa shape index (κ2) is 10.2. The minimum absolute atomic E-state index is 0.0289. The van der Waals surface area contributed by atoms with Crippen LogP contribution in [-0.2, 0) is 14.3 Å². The molecule has 0 unspecified atom stereocenters. The van der Waals surface area contributed by atoms with E-state index in [1.165, 1.54) is 18.2 Å². The molecule has 1 aliphatic rings. The van der Waals surface area contributed by atoms with E-state index in [0.717, 1.165) is 27.2 Å². The highest BCUT2D eigenvalue weighted by Crippen LogP contribution is 2.44. The van der Waals surface area contributed by atoms with Crippen LogP contribution in [0.2, 0.25) is 0 Å². The summed E-state index contributed by atoms with van der Waals surface area (Å²) in [4.78, 5) is 36.1. The smallest absolute Gasteiger partial charge is 0.407 e. The average Bonchev–Trinajstić information content (AvgIpc) is 3.08. The lowest BCUT2D eigenvalue weighted by atomic mass is 9.98. The molecule has 0 fully saturated rings. The molecule has 2 aromatic rings. The molecule has 0 heterocycles. The van der Waals surface area contributed by atoms with Crippen molar-refractivity contribution in [1.29, 1.82) is 0 Å². The van der Waals surface area contributed by atoms with Crippen LogP contribution in [0.25, 0.3) is 11.1 Å². The third kappa shape index (κ3) is 5.39. The molecular formula is C24H24N2O5. The van der Waals surface area contributed by atoms with E-state index >= 15 is 0 Å². The van der Waals surface area contributed by atoms with Crippen LogP contribution in [0.15, 0.2) is 73.3 Å². The first-order valence-corrected chi connectivity index (χ1v) is 9.88. The Morgan fingerprint density at radius 1 is 1.06 bits per heavy atom. The van der Waals surface area contributed by atoms with Crippen LogP contribution in [0.5, 0.6) is 0 Å². The number of ether oxygens (including phenoxy) is 1. The van der Waals surface area contributed by atoms with Crippen LogP contribution in [0, 0.1) is 0 Å². The van der Waals surface area contributed by atoms with Crippen LogP contribution in [0.1, 0.15) is 17.0 Å². The summed E-state index contributed by atoms with van der Waals surface area (Å²) < 4.78 is 5.42. The lowest BCUT2D eigenvalue weighted by Crippen LogP contribution is -2.34. The molecule has 31 heavy (non-hydrogen) atoms. The Balaban J connectivity index is 1.51. The number of amides is 2. The number of hydrogen-bond acceptors (Lipinski definition) is 4. The summed E-state index contributed by atoms with van der Waals surface area (Å²) >= 11 is 0. The van der Waals surface area contributed by atoms with Crippen LogP contribution >= 0.6 is 0 Å². The van der Waals surface area contributed by atoms with E-state index in [0.29, 0.717) is 0 Å². The zero-order valence-electron chi connectivity index (χ0n) is 17.0. The monoisotopic (exact) mass is 420 g/mol. The Bertz CT molecular complexity index is 969. The number of nitrogens with zero attached hydrogens (tertiary/aromatic N) is 1. The highest BCUT2D eigenvalue weighted by atomic mass is 16.5. The minimum Gasteiger partial charge on any atom is -0.480 e. The molecule has 2 aromatic carbocycles. The molecule has 0 aromatic heterocycles. The average molecular weight is 420 g/mol. The largest absolute Gasteiger partial charge is 0.480 e. The zero-order chi connectivity index (χ0) is 22.2. The fourth-order valence-corrected chi connectivity index (χ4v) is 3.61. The highest BCUT2D eigenvalue weighted by Gasteiger charge is 2.28. The maximum Gasteiger partial charge on any atom is 0.407 e. The molecule has 0 aliphatic heterocycles. The summed E-state index contributed by atoms with van der Waals surface area (Å²) in [7, 11) is 0. The molecule has 0 saturated heterocycles. The number of fused-ring (bicyclic) bond motifs is 3. The van der Waals surface area contributed by atoms with Gasteiger partial charge in [-0.05, 0) is 22.3 Å². The number of nitrogens with one attached hydrogen (secondary N) is 1. The third-order valence-electron chi connectivity index (χ3n) is 4.96. The summed E-state index contributed by atoms with van der Waals surface area (Å²) in [6, 6.07) is 16.1. The molecule has 0 spiro atoms. The van der Waals surface area contributed by atoms with E-state index in [1.54, 1.807) is 0 Å². The molecule has 0 bridgehead atoms. The topological polar surface area (TPSA) is 95.9 Å². The van der Waals surface area contributed by atoms with Gasteiger partial charge in [-0.3, -0.25) is 9.59 Å². The van der Waals surface area contributed by atoms with E-state index in [4.69, 9.17) is 9.84 Å². The van der Waals surface area contributed by atoms with Gasteiger partial charge in [-0.25, -0.2) is 4.79 Å². The van der Waals surface area contributed by atoms with Crippen molar-refractivity contribution in [2.75, 3.05) is 26.2 Å². The Morgan fingerprint density at radius 2 is 1.68 bits per heavy atom. The van der Waals surface area contributed by atoms with Gasteiger partial charge in [-0.2, -0.15) is 0 Å². The fourth-order valence-electron chi connectivity index (χ4n) is 3.61. The summed E-state index contributed by atoms with van der Waals surface area (Å²) in [6.07, 6.45) is 3.52. The number of aliphatic carboxylic acids is 1. The first-order valence-electron chi connectivity index (χ1n) is 9.88. The van der Waals surface area contributed by atoms with Crippen LogP contribution < -0.4 is 5.32 Å². The quantitative estimate of drug-likeness (QED) is 0.480. The number of carbonyl (C=O) groups excluding carboxylic acids is 2. The van der Waals surface area contributed by atoms with Crippen LogP contribution in [0.4, 0.5) is 4.79 Å². The number of hydrogen-bond donors (Lipinski definition) is 2. The first kappa shape index (κ1) is 21.8. The van der Waals surface area contributed by atoms with Gasteiger partial charge < -0.3 is 20.1 Å². The summed E-state index contributed by atoms with van der Waals surface area (Å²) in [6.45, 7) is 3.49. The highest BCUT2D eigenvalue weighted by molar-refractivity contribution is 5.90. The van der Waals surface area contributed by atoms with Crippen molar-refractivity contribution >= 4 is 18.0 Å². The first-order chi connectivity index (χ1) is 15.0. The Morgan fingerprint density at radius 3 is 2.26 bits per heavy atom. The van der Waals surface area contributed by atoms with E-state index in [1.807, 2.05) is 36.4 Å². The van der Waals surface area contributed by atoms with Crippen molar-refractivity contribution in [3.05, 3.63) is 84.5 Å². The second-order valence-electron chi connectivity index (χ2n) is 7.01. The van der Waals surface area contributed by atoms with Crippen molar-refractivity contribution in [1.82, 2.24) is 10.2 Å². The van der Waals surface area contributed by atoms with E-state index in [-0.39, 0.29) is 25.6 Å². The summed E-state index contributed by atoms with van der Waals surface area (Å²) in [5, 5.41) is 11.4. The second-order valence-corrected chi connectivity index (χ2v) is 7.01. The standard InChI is InChI=1S/C24H24N2O5/c1-2-14-26(15-23(28)29)22(27)12-7-13-25-24(30)31-16-21-19-10-5-3-8-17(19)18-9-4-6-11-20(18)21/h2-12,21H,1,13-16H2,(H,25,30)(H,28,29)/b12-7+. The normalized spacial score (nSPS) is 12.1. The van der Waals surface area contributed by atoms with Crippen LogP contribution in [0.3, 0.4) is 0 Å². The van der Waals surface area contributed by atoms with Crippen molar-refractivity contribution in [2.45, 2.75) is 5.92 Å². The predicted octanol–water partition coefficient (Wildman–Crippen LogP) is 3.18. The van der Waals surface area contributed by atoms with Gasteiger partial charge in [0.05, 0.1) is 0 Å². The molecule has 2 N–H and O–H groups in total. The molecular weight excluding hydrogens is 396 g/mol. The maximum absolute atomic E-state index is 12.1. The molecule has 160 valence electrons. The van der Waals surface area contributed by atoms with Crippen molar-refractivity contribution in [3.8, 4) is 11.1 Å². The van der Waals surface area contributed by atoms with Crippen molar-refractivity contribution in [3.63, 3.8) is 0 Å². The molecule has 0 saturated carbocycles.